The monoisotopic (exact) mass is 374 g/mol. The summed E-state index contributed by atoms with van der Waals surface area (Å²) >= 11 is 12.1. The maximum Gasteiger partial charge on any atom is 0.264 e. The molecule has 0 unspecified atom stereocenters. The Hall–Kier alpha value is -1.34. The molecule has 8 heteroatoms. The first-order valence-electron chi connectivity index (χ1n) is 6.85. The lowest BCUT2D eigenvalue weighted by atomic mass is 10.2. The van der Waals surface area contributed by atoms with Crippen molar-refractivity contribution in [1.29, 1.82) is 0 Å². The molecule has 0 spiro atoms. The highest BCUT2D eigenvalue weighted by Crippen LogP contribution is 2.29. The van der Waals surface area contributed by atoms with Crippen LogP contribution in [-0.2, 0) is 16.6 Å². The van der Waals surface area contributed by atoms with Crippen LogP contribution in [0.5, 0.6) is 5.75 Å². The van der Waals surface area contributed by atoms with Crippen LogP contribution in [0, 0.1) is 0 Å². The molecule has 124 valence electrons. The lowest BCUT2D eigenvalue weighted by molar-refractivity contribution is 0.326. The zero-order valence-electron chi connectivity index (χ0n) is 12.7. The van der Waals surface area contributed by atoms with Crippen LogP contribution in [0.25, 0.3) is 0 Å². The highest BCUT2D eigenvalue weighted by atomic mass is 35.5. The van der Waals surface area contributed by atoms with Gasteiger partial charge in [0, 0.05) is 19.8 Å². The summed E-state index contributed by atoms with van der Waals surface area (Å²) in [5, 5.41) is 0.590. The number of nitrogens with zero attached hydrogens (tertiary/aromatic N) is 2. The summed E-state index contributed by atoms with van der Waals surface area (Å²) in [6.45, 7) is 2.20. The van der Waals surface area contributed by atoms with Gasteiger partial charge in [-0.3, -0.25) is 0 Å². The Kier molecular flexibility index (Phi) is 5.86. The molecule has 0 aliphatic heterocycles. The van der Waals surface area contributed by atoms with Gasteiger partial charge < -0.3 is 4.74 Å². The van der Waals surface area contributed by atoms with E-state index in [2.05, 4.69) is 4.98 Å². The van der Waals surface area contributed by atoms with Gasteiger partial charge in [-0.05, 0) is 30.7 Å². The molecule has 1 aromatic heterocycles. The van der Waals surface area contributed by atoms with Crippen molar-refractivity contribution in [2.45, 2.75) is 18.5 Å². The van der Waals surface area contributed by atoms with Crippen molar-refractivity contribution >= 4 is 33.2 Å². The molecule has 0 N–H and O–H groups in total. The van der Waals surface area contributed by atoms with Gasteiger partial charge in [0.15, 0.2) is 5.75 Å². The maximum atomic E-state index is 12.7. The van der Waals surface area contributed by atoms with Crippen molar-refractivity contribution in [3.05, 3.63) is 52.1 Å². The van der Waals surface area contributed by atoms with E-state index in [4.69, 9.17) is 27.9 Å². The average Bonchev–Trinajstić information content (AvgIpc) is 2.52. The van der Waals surface area contributed by atoms with Crippen molar-refractivity contribution in [3.8, 4) is 5.75 Å². The van der Waals surface area contributed by atoms with Crippen molar-refractivity contribution in [3.63, 3.8) is 0 Å². The second-order valence-electron chi connectivity index (χ2n) is 4.71. The van der Waals surface area contributed by atoms with Gasteiger partial charge >= 0.3 is 0 Å². The Labute approximate surface area is 145 Å². The summed E-state index contributed by atoms with van der Waals surface area (Å²) in [7, 11) is -2.37. The van der Waals surface area contributed by atoms with Crippen molar-refractivity contribution in [1.82, 2.24) is 9.29 Å². The SMILES string of the molecule is CCOc1cccnc1S(=O)(=O)N(C)Cc1cccc(Cl)c1Cl. The molecule has 0 saturated heterocycles. The summed E-state index contributed by atoms with van der Waals surface area (Å²) in [5.41, 5.74) is 0.610. The summed E-state index contributed by atoms with van der Waals surface area (Å²) < 4.78 is 32.0. The van der Waals surface area contributed by atoms with Gasteiger partial charge in [0.2, 0.25) is 5.03 Å². The fourth-order valence-corrected chi connectivity index (χ4v) is 3.54. The van der Waals surface area contributed by atoms with Crippen LogP contribution < -0.4 is 4.74 Å². The van der Waals surface area contributed by atoms with E-state index in [0.717, 1.165) is 4.31 Å². The number of halogens is 2. The zero-order chi connectivity index (χ0) is 17.0. The molecular formula is C15H16Cl2N2O3S. The maximum absolute atomic E-state index is 12.7. The Morgan fingerprint density at radius 3 is 2.65 bits per heavy atom. The third-order valence-electron chi connectivity index (χ3n) is 3.12. The zero-order valence-corrected chi connectivity index (χ0v) is 15.0. The molecule has 0 amide bonds. The number of hydrogen-bond acceptors (Lipinski definition) is 4. The third-order valence-corrected chi connectivity index (χ3v) is 5.72. The minimum atomic E-state index is -3.82. The number of sulfonamides is 1. The van der Waals surface area contributed by atoms with E-state index in [9.17, 15) is 8.42 Å². The van der Waals surface area contributed by atoms with Gasteiger partial charge in [-0.15, -0.1) is 0 Å². The van der Waals surface area contributed by atoms with Crippen LogP contribution in [0.1, 0.15) is 12.5 Å². The summed E-state index contributed by atoms with van der Waals surface area (Å²) in [6.07, 6.45) is 1.41. The molecule has 2 rings (SSSR count). The van der Waals surface area contributed by atoms with E-state index in [-0.39, 0.29) is 17.3 Å². The van der Waals surface area contributed by atoms with Gasteiger partial charge in [0.05, 0.1) is 16.7 Å². The molecule has 0 atom stereocenters. The molecule has 2 aromatic rings. The van der Waals surface area contributed by atoms with Gasteiger partial charge in [0.25, 0.3) is 10.0 Å². The van der Waals surface area contributed by atoms with Crippen LogP contribution in [0.4, 0.5) is 0 Å². The number of benzene rings is 1. The first-order valence-corrected chi connectivity index (χ1v) is 9.04. The number of hydrogen-bond donors (Lipinski definition) is 0. The fraction of sp³-hybridized carbons (Fsp3) is 0.267. The smallest absolute Gasteiger partial charge is 0.264 e. The summed E-state index contributed by atoms with van der Waals surface area (Å²) in [5.74, 6) is 0.221. The highest BCUT2D eigenvalue weighted by Gasteiger charge is 2.27. The second kappa shape index (κ2) is 7.49. The lowest BCUT2D eigenvalue weighted by Gasteiger charge is -2.19. The summed E-state index contributed by atoms with van der Waals surface area (Å²) in [4.78, 5) is 3.96. The lowest BCUT2D eigenvalue weighted by Crippen LogP contribution is -2.28. The standard InChI is InChI=1S/C15H16Cl2N2O3S/c1-3-22-13-8-5-9-18-15(13)23(20,21)19(2)10-11-6-4-7-12(16)14(11)17/h4-9H,3,10H2,1-2H3. The minimum Gasteiger partial charge on any atom is -0.491 e. The Balaban J connectivity index is 2.34. The molecule has 23 heavy (non-hydrogen) atoms. The first kappa shape index (κ1) is 18.0. The molecule has 0 aliphatic rings. The van der Waals surface area contributed by atoms with Gasteiger partial charge in [-0.2, -0.15) is 4.31 Å². The Bertz CT molecular complexity index is 797. The quantitative estimate of drug-likeness (QED) is 0.774. The highest BCUT2D eigenvalue weighted by molar-refractivity contribution is 7.89. The predicted molar refractivity (Wildman–Crippen MR) is 90.5 cm³/mol. The minimum absolute atomic E-state index is 0.0733. The Morgan fingerprint density at radius 1 is 1.22 bits per heavy atom. The van der Waals surface area contributed by atoms with E-state index in [1.807, 2.05) is 0 Å². The molecule has 0 fully saturated rings. The van der Waals surface area contributed by atoms with Crippen LogP contribution in [0.15, 0.2) is 41.6 Å². The van der Waals surface area contributed by atoms with Gasteiger partial charge in [-0.1, -0.05) is 35.3 Å². The summed E-state index contributed by atoms with van der Waals surface area (Å²) in [6, 6.07) is 8.29. The molecule has 0 radical (unpaired) electrons. The number of rotatable bonds is 6. The number of aromatic nitrogens is 1. The normalized spacial score (nSPS) is 11.7. The Morgan fingerprint density at radius 2 is 1.96 bits per heavy atom. The molecule has 0 saturated carbocycles. The molecule has 1 aromatic carbocycles. The van der Waals surface area contributed by atoms with Crippen LogP contribution in [0.3, 0.4) is 0 Å². The second-order valence-corrected chi connectivity index (χ2v) is 7.46. The van der Waals surface area contributed by atoms with Crippen LogP contribution in [0.2, 0.25) is 10.0 Å². The number of ether oxygens (including phenoxy) is 1. The van der Waals surface area contributed by atoms with Crippen molar-refractivity contribution in [2.75, 3.05) is 13.7 Å². The molecule has 0 bridgehead atoms. The van der Waals surface area contributed by atoms with Gasteiger partial charge in [-0.25, -0.2) is 13.4 Å². The van der Waals surface area contributed by atoms with Gasteiger partial charge in [0.1, 0.15) is 0 Å². The van der Waals surface area contributed by atoms with Crippen molar-refractivity contribution < 1.29 is 13.2 Å². The molecule has 0 aliphatic carbocycles. The first-order chi connectivity index (χ1) is 10.9. The van der Waals surface area contributed by atoms with Crippen molar-refractivity contribution in [2.24, 2.45) is 0 Å². The topological polar surface area (TPSA) is 59.5 Å². The third kappa shape index (κ3) is 3.95. The molecular weight excluding hydrogens is 359 g/mol. The van der Waals surface area contributed by atoms with E-state index in [1.165, 1.54) is 13.2 Å². The van der Waals surface area contributed by atoms with E-state index >= 15 is 0 Å². The van der Waals surface area contributed by atoms with Crippen LogP contribution in [-0.4, -0.2) is 31.4 Å². The average molecular weight is 375 g/mol. The fourth-order valence-electron chi connectivity index (χ4n) is 1.98. The van der Waals surface area contributed by atoms with E-state index in [1.54, 1.807) is 37.3 Å². The molecule has 1 heterocycles. The number of pyridine rings is 1. The molecule has 5 nitrogen and oxygen atoms in total. The van der Waals surface area contributed by atoms with E-state index < -0.39 is 10.0 Å². The van der Waals surface area contributed by atoms with E-state index in [0.29, 0.717) is 22.2 Å². The largest absolute Gasteiger partial charge is 0.491 e. The van der Waals surface area contributed by atoms with Crippen LogP contribution >= 0.6 is 23.2 Å². The predicted octanol–water partition coefficient (Wildman–Crippen LogP) is 3.61.